The molecule has 122 valence electrons. The zero-order valence-corrected chi connectivity index (χ0v) is 13.6. The zero-order valence-electron chi connectivity index (χ0n) is 12.8. The van der Waals surface area contributed by atoms with Crippen LogP contribution in [0.25, 0.3) is 11.3 Å². The summed E-state index contributed by atoms with van der Waals surface area (Å²) >= 11 is 0. The van der Waals surface area contributed by atoms with E-state index in [0.717, 1.165) is 10.9 Å². The summed E-state index contributed by atoms with van der Waals surface area (Å²) in [4.78, 5) is 7.60. The second-order valence-electron chi connectivity index (χ2n) is 4.24. The van der Waals surface area contributed by atoms with E-state index in [0.29, 0.717) is 17.0 Å². The summed E-state index contributed by atoms with van der Waals surface area (Å²) in [7, 11) is -3.53. The lowest BCUT2D eigenvalue weighted by Crippen LogP contribution is -2.06. The Morgan fingerprint density at radius 1 is 1.32 bits per heavy atom. The second kappa shape index (κ2) is 7.39. The van der Waals surface area contributed by atoms with Crippen LogP contribution >= 0.6 is 0 Å². The zero-order chi connectivity index (χ0) is 16.9. The Kier molecular flexibility index (Phi) is 6.10. The maximum atomic E-state index is 12.3. The fourth-order valence-corrected chi connectivity index (χ4v) is 2.19. The molecule has 2 heterocycles. The topological polar surface area (TPSA) is 77.7 Å². The van der Waals surface area contributed by atoms with E-state index in [2.05, 4.69) is 15.1 Å². The van der Waals surface area contributed by atoms with Gasteiger partial charge in [-0.25, -0.2) is 27.2 Å². The van der Waals surface area contributed by atoms with Gasteiger partial charge in [0.05, 0.1) is 11.4 Å². The van der Waals surface area contributed by atoms with Crippen molar-refractivity contribution in [3.63, 3.8) is 0 Å². The van der Waals surface area contributed by atoms with Crippen molar-refractivity contribution in [3.05, 3.63) is 24.2 Å². The number of alkyl halides is 2. The molecule has 0 atom stereocenters. The molecule has 0 radical (unpaired) electrons. The first kappa shape index (κ1) is 18.1. The Bertz CT molecular complexity index is 729. The quantitative estimate of drug-likeness (QED) is 0.803. The van der Waals surface area contributed by atoms with Crippen LogP contribution in [-0.4, -0.2) is 40.8 Å². The van der Waals surface area contributed by atoms with Crippen molar-refractivity contribution in [2.24, 2.45) is 0 Å². The van der Waals surface area contributed by atoms with Crippen LogP contribution in [0.3, 0.4) is 0 Å². The number of halogens is 2. The summed E-state index contributed by atoms with van der Waals surface area (Å²) in [6, 6.07) is 1.51. The molecule has 0 fully saturated rings. The summed E-state index contributed by atoms with van der Waals surface area (Å²) < 4.78 is 48.6. The van der Waals surface area contributed by atoms with E-state index < -0.39 is 22.8 Å². The Balaban J connectivity index is 0.00000116. The SMILES string of the molecule is CC.Cc1nn(CC(F)F)cc1-c1ccnc(S(C)(=O)=O)n1. The highest BCUT2D eigenvalue weighted by molar-refractivity contribution is 7.90. The van der Waals surface area contributed by atoms with E-state index in [9.17, 15) is 17.2 Å². The van der Waals surface area contributed by atoms with Crippen LogP contribution in [0.15, 0.2) is 23.6 Å². The molecule has 2 aromatic heterocycles. The highest BCUT2D eigenvalue weighted by Gasteiger charge is 2.15. The highest BCUT2D eigenvalue weighted by Crippen LogP contribution is 2.21. The average molecular weight is 332 g/mol. The fourth-order valence-electron chi connectivity index (χ4n) is 1.67. The van der Waals surface area contributed by atoms with Crippen LogP contribution in [-0.2, 0) is 16.4 Å². The van der Waals surface area contributed by atoms with Crippen molar-refractivity contribution in [2.45, 2.75) is 38.9 Å². The van der Waals surface area contributed by atoms with Crippen molar-refractivity contribution in [1.82, 2.24) is 19.7 Å². The second-order valence-corrected chi connectivity index (χ2v) is 6.15. The van der Waals surface area contributed by atoms with Gasteiger partial charge < -0.3 is 0 Å². The lowest BCUT2D eigenvalue weighted by atomic mass is 10.2. The van der Waals surface area contributed by atoms with Gasteiger partial charge in [-0.3, -0.25) is 4.68 Å². The molecule has 0 aliphatic heterocycles. The van der Waals surface area contributed by atoms with Crippen LogP contribution in [0, 0.1) is 6.92 Å². The molecule has 2 aromatic rings. The Morgan fingerprint density at radius 3 is 2.50 bits per heavy atom. The van der Waals surface area contributed by atoms with E-state index in [1.807, 2.05) is 13.8 Å². The van der Waals surface area contributed by atoms with Crippen molar-refractivity contribution in [1.29, 1.82) is 0 Å². The molecule has 9 heteroatoms. The smallest absolute Gasteiger partial charge is 0.257 e. The number of hydrogen-bond acceptors (Lipinski definition) is 5. The fraction of sp³-hybridized carbons (Fsp3) is 0.462. The first-order valence-corrected chi connectivity index (χ1v) is 8.52. The average Bonchev–Trinajstić information content (AvgIpc) is 2.80. The molecule has 0 spiro atoms. The monoisotopic (exact) mass is 332 g/mol. The summed E-state index contributed by atoms with van der Waals surface area (Å²) in [6.07, 6.45) is 1.21. The van der Waals surface area contributed by atoms with Crippen molar-refractivity contribution >= 4 is 9.84 Å². The van der Waals surface area contributed by atoms with Crippen LogP contribution in [0.4, 0.5) is 8.78 Å². The lowest BCUT2D eigenvalue weighted by molar-refractivity contribution is 0.121. The third-order valence-corrected chi connectivity index (χ3v) is 3.37. The summed E-state index contributed by atoms with van der Waals surface area (Å²) in [6.45, 7) is 5.12. The molecule has 0 aliphatic rings. The van der Waals surface area contributed by atoms with Gasteiger partial charge in [0.25, 0.3) is 6.43 Å². The van der Waals surface area contributed by atoms with Crippen LogP contribution < -0.4 is 0 Å². The minimum Gasteiger partial charge on any atom is -0.266 e. The van der Waals surface area contributed by atoms with Gasteiger partial charge in [0.15, 0.2) is 0 Å². The molecule has 0 aromatic carbocycles. The molecule has 0 amide bonds. The number of aryl methyl sites for hydroxylation is 1. The summed E-state index contributed by atoms with van der Waals surface area (Å²) in [5.41, 5.74) is 1.32. The Morgan fingerprint density at radius 2 is 1.95 bits per heavy atom. The molecule has 22 heavy (non-hydrogen) atoms. The molecule has 0 bridgehead atoms. The Hall–Kier alpha value is -1.90. The minimum atomic E-state index is -3.53. The number of aromatic nitrogens is 4. The number of hydrogen-bond donors (Lipinski definition) is 0. The third-order valence-electron chi connectivity index (χ3n) is 2.51. The molecule has 0 unspecified atom stereocenters. The minimum absolute atomic E-state index is 0.309. The van der Waals surface area contributed by atoms with Gasteiger partial charge in [0.1, 0.15) is 6.54 Å². The number of nitrogens with zero attached hydrogens (tertiary/aromatic N) is 4. The van der Waals surface area contributed by atoms with Crippen LogP contribution in [0.5, 0.6) is 0 Å². The summed E-state index contributed by atoms with van der Waals surface area (Å²) in [5.74, 6) is 0. The van der Waals surface area contributed by atoms with E-state index >= 15 is 0 Å². The van der Waals surface area contributed by atoms with Gasteiger partial charge in [-0.1, -0.05) is 13.8 Å². The van der Waals surface area contributed by atoms with E-state index in [1.54, 1.807) is 6.92 Å². The largest absolute Gasteiger partial charge is 0.266 e. The van der Waals surface area contributed by atoms with E-state index in [-0.39, 0.29) is 5.16 Å². The number of sulfone groups is 1. The standard InChI is InChI=1S/C11H12F2N4O2S.C2H6/c1-7-8(5-17(16-7)6-10(12)13)9-3-4-14-11(15-9)20(2,18)19;1-2/h3-5,10H,6H2,1-2H3;1-2H3. The predicted octanol–water partition coefficient (Wildman–Crippen LogP) is 2.34. The lowest BCUT2D eigenvalue weighted by Gasteiger charge is -2.01. The third kappa shape index (κ3) is 4.55. The predicted molar refractivity (Wildman–Crippen MR) is 78.5 cm³/mol. The van der Waals surface area contributed by atoms with Crippen molar-refractivity contribution < 1.29 is 17.2 Å². The molecular formula is C13H18F2N4O2S. The van der Waals surface area contributed by atoms with Gasteiger partial charge in [-0.15, -0.1) is 0 Å². The maximum absolute atomic E-state index is 12.3. The van der Waals surface area contributed by atoms with Gasteiger partial charge in [-0.2, -0.15) is 5.10 Å². The summed E-state index contributed by atoms with van der Waals surface area (Å²) in [5, 5.41) is 3.64. The van der Waals surface area contributed by atoms with Crippen LogP contribution in [0.1, 0.15) is 19.5 Å². The van der Waals surface area contributed by atoms with Gasteiger partial charge in [0, 0.05) is 24.2 Å². The Labute approximate surface area is 128 Å². The van der Waals surface area contributed by atoms with Crippen molar-refractivity contribution in [2.75, 3.05) is 6.26 Å². The van der Waals surface area contributed by atoms with E-state index in [4.69, 9.17) is 0 Å². The first-order chi connectivity index (χ1) is 10.3. The molecular weight excluding hydrogens is 314 g/mol. The van der Waals surface area contributed by atoms with Crippen molar-refractivity contribution in [3.8, 4) is 11.3 Å². The van der Waals surface area contributed by atoms with Gasteiger partial charge in [-0.05, 0) is 13.0 Å². The highest BCUT2D eigenvalue weighted by atomic mass is 32.2. The molecule has 6 nitrogen and oxygen atoms in total. The number of rotatable bonds is 4. The molecule has 0 saturated heterocycles. The molecule has 2 rings (SSSR count). The van der Waals surface area contributed by atoms with Crippen LogP contribution in [0.2, 0.25) is 0 Å². The van der Waals surface area contributed by atoms with E-state index in [1.165, 1.54) is 18.5 Å². The maximum Gasteiger partial charge on any atom is 0.257 e. The first-order valence-electron chi connectivity index (χ1n) is 6.63. The normalized spacial score (nSPS) is 11.2. The molecule has 0 saturated carbocycles. The molecule has 0 N–H and O–H groups in total. The van der Waals surface area contributed by atoms with Gasteiger partial charge in [0.2, 0.25) is 15.0 Å². The molecule has 0 aliphatic carbocycles. The van der Waals surface area contributed by atoms with Gasteiger partial charge >= 0.3 is 0 Å².